The first-order valence-corrected chi connectivity index (χ1v) is 13.2. The second kappa shape index (κ2) is 13.1. The molecule has 0 N–H and O–H groups in total. The molecule has 3 aliphatic rings. The van der Waals surface area contributed by atoms with Crippen LogP contribution in [0.3, 0.4) is 0 Å². The van der Waals surface area contributed by atoms with Gasteiger partial charge in [0.2, 0.25) is 0 Å². The van der Waals surface area contributed by atoms with E-state index in [1.807, 2.05) is 18.2 Å². The van der Waals surface area contributed by atoms with E-state index in [1.54, 1.807) is 14.2 Å². The molecule has 4 rings (SSSR count). The standard InChI is InChI=1S/C27H36N2O9/c1-34-22-8-7-18(15-23(22)35-2)12-14-36-21-6-4-3-5-20(21)28-13-11-19(17-28)37-26(32)16-27(33)38-29-24(30)9-10-25(29)31/h7-8,15,19-21H,3-6,9-14,16-17H2,1-2H3/t19-,20-,21-/m1/s1. The van der Waals surface area contributed by atoms with Crippen LogP contribution in [-0.2, 0) is 39.9 Å². The Hall–Kier alpha value is -3.18. The van der Waals surface area contributed by atoms with Crippen LogP contribution in [0.4, 0.5) is 0 Å². The van der Waals surface area contributed by atoms with Crippen molar-refractivity contribution in [2.75, 3.05) is 33.9 Å². The van der Waals surface area contributed by atoms with E-state index in [1.165, 1.54) is 0 Å². The van der Waals surface area contributed by atoms with Crippen LogP contribution >= 0.6 is 0 Å². The lowest BCUT2D eigenvalue weighted by Gasteiger charge is -2.37. The number of imide groups is 1. The van der Waals surface area contributed by atoms with Crippen molar-refractivity contribution in [3.05, 3.63) is 23.8 Å². The number of hydrogen-bond acceptors (Lipinski definition) is 10. The lowest BCUT2D eigenvalue weighted by Crippen LogP contribution is -2.46. The summed E-state index contributed by atoms with van der Waals surface area (Å²) in [7, 11) is 3.24. The summed E-state index contributed by atoms with van der Waals surface area (Å²) in [5.41, 5.74) is 1.11. The molecular formula is C27H36N2O9. The van der Waals surface area contributed by atoms with Crippen LogP contribution in [0, 0.1) is 0 Å². The molecule has 2 heterocycles. The number of esters is 1. The highest BCUT2D eigenvalue weighted by atomic mass is 16.7. The van der Waals surface area contributed by atoms with Gasteiger partial charge in [-0.15, -0.1) is 5.06 Å². The number of nitrogens with zero attached hydrogens (tertiary/aromatic N) is 2. The molecule has 1 aromatic rings. The second-order valence-corrected chi connectivity index (χ2v) is 9.82. The normalized spacial score (nSPS) is 23.9. The van der Waals surface area contributed by atoms with Crippen LogP contribution in [-0.4, -0.2) is 85.9 Å². The Bertz CT molecular complexity index is 1010. The van der Waals surface area contributed by atoms with E-state index in [-0.39, 0.29) is 31.1 Å². The quantitative estimate of drug-likeness (QED) is 0.238. The fraction of sp³-hybridized carbons (Fsp3) is 0.630. The summed E-state index contributed by atoms with van der Waals surface area (Å²) in [5, 5.41) is 0.432. The Balaban J connectivity index is 1.22. The highest BCUT2D eigenvalue weighted by Crippen LogP contribution is 2.30. The molecule has 3 atom stereocenters. The number of hydrogen-bond donors (Lipinski definition) is 0. The lowest BCUT2D eigenvalue weighted by molar-refractivity contribution is -0.199. The Morgan fingerprint density at radius 2 is 1.68 bits per heavy atom. The zero-order chi connectivity index (χ0) is 27.1. The summed E-state index contributed by atoms with van der Waals surface area (Å²) >= 11 is 0. The van der Waals surface area contributed by atoms with Gasteiger partial charge in [0, 0.05) is 32.0 Å². The lowest BCUT2D eigenvalue weighted by atomic mass is 9.91. The van der Waals surface area contributed by atoms with E-state index in [4.69, 9.17) is 23.8 Å². The molecule has 2 aliphatic heterocycles. The van der Waals surface area contributed by atoms with Crippen molar-refractivity contribution in [3.63, 3.8) is 0 Å². The van der Waals surface area contributed by atoms with Gasteiger partial charge in [-0.3, -0.25) is 19.3 Å². The van der Waals surface area contributed by atoms with Crippen molar-refractivity contribution >= 4 is 23.8 Å². The van der Waals surface area contributed by atoms with Crippen molar-refractivity contribution < 1.29 is 43.0 Å². The minimum atomic E-state index is -0.983. The fourth-order valence-electron chi connectivity index (χ4n) is 5.34. The maximum Gasteiger partial charge on any atom is 0.344 e. The highest BCUT2D eigenvalue weighted by molar-refractivity contribution is 6.02. The van der Waals surface area contributed by atoms with Crippen molar-refractivity contribution in [2.45, 2.75) is 76.0 Å². The van der Waals surface area contributed by atoms with Crippen molar-refractivity contribution in [3.8, 4) is 11.5 Å². The summed E-state index contributed by atoms with van der Waals surface area (Å²) in [6.45, 7) is 1.94. The third-order valence-electron chi connectivity index (χ3n) is 7.27. The fourth-order valence-corrected chi connectivity index (χ4v) is 5.34. The number of methoxy groups -OCH3 is 2. The number of benzene rings is 1. The second-order valence-electron chi connectivity index (χ2n) is 9.82. The Morgan fingerprint density at radius 3 is 2.42 bits per heavy atom. The number of rotatable bonds is 11. The molecular weight excluding hydrogens is 496 g/mol. The van der Waals surface area contributed by atoms with Crippen LogP contribution in [0.25, 0.3) is 0 Å². The van der Waals surface area contributed by atoms with Gasteiger partial charge in [0.05, 0.1) is 26.9 Å². The first-order valence-electron chi connectivity index (χ1n) is 13.2. The average molecular weight is 533 g/mol. The molecule has 0 radical (unpaired) electrons. The zero-order valence-corrected chi connectivity index (χ0v) is 22.0. The van der Waals surface area contributed by atoms with Gasteiger partial charge in [-0.2, -0.15) is 0 Å². The van der Waals surface area contributed by atoms with Crippen molar-refractivity contribution in [1.82, 2.24) is 9.96 Å². The third-order valence-corrected chi connectivity index (χ3v) is 7.27. The number of amides is 2. The monoisotopic (exact) mass is 532 g/mol. The molecule has 1 aliphatic carbocycles. The van der Waals surface area contributed by atoms with Gasteiger partial charge in [0.15, 0.2) is 11.5 Å². The number of ether oxygens (including phenoxy) is 4. The Labute approximate surface area is 222 Å². The molecule has 2 saturated heterocycles. The Kier molecular flexibility index (Phi) is 9.57. The molecule has 2 amide bonds. The maximum atomic E-state index is 12.3. The topological polar surface area (TPSA) is 121 Å². The van der Waals surface area contributed by atoms with Gasteiger partial charge in [0.25, 0.3) is 11.8 Å². The van der Waals surface area contributed by atoms with E-state index in [0.717, 1.165) is 44.2 Å². The smallest absolute Gasteiger partial charge is 0.344 e. The van der Waals surface area contributed by atoms with E-state index in [2.05, 4.69) is 4.90 Å². The molecule has 0 unspecified atom stereocenters. The predicted molar refractivity (Wildman–Crippen MR) is 133 cm³/mol. The largest absolute Gasteiger partial charge is 0.493 e. The SMILES string of the molecule is COc1ccc(CCO[C@@H]2CCCC[C@H]2N2CC[C@@H](OC(=O)CC(=O)ON3C(=O)CCC3=O)C2)cc1OC. The van der Waals surface area contributed by atoms with Gasteiger partial charge in [-0.25, -0.2) is 4.79 Å². The maximum absolute atomic E-state index is 12.3. The molecule has 0 bridgehead atoms. The van der Waals surface area contributed by atoms with Crippen molar-refractivity contribution in [1.29, 1.82) is 0 Å². The number of carbonyl (C=O) groups is 4. The summed E-state index contributed by atoms with van der Waals surface area (Å²) < 4.78 is 22.5. The van der Waals surface area contributed by atoms with Crippen LogP contribution in [0.2, 0.25) is 0 Å². The minimum Gasteiger partial charge on any atom is -0.493 e. The summed E-state index contributed by atoms with van der Waals surface area (Å²) in [4.78, 5) is 54.5. The molecule has 1 saturated carbocycles. The molecule has 38 heavy (non-hydrogen) atoms. The summed E-state index contributed by atoms with van der Waals surface area (Å²) in [6.07, 6.45) is 4.78. The average Bonchev–Trinajstić information content (AvgIpc) is 3.50. The molecule has 11 heteroatoms. The van der Waals surface area contributed by atoms with Crippen molar-refractivity contribution in [2.24, 2.45) is 0 Å². The molecule has 0 aromatic heterocycles. The molecule has 1 aromatic carbocycles. The van der Waals surface area contributed by atoms with Gasteiger partial charge in [-0.05, 0) is 43.4 Å². The van der Waals surface area contributed by atoms with Gasteiger partial charge in [0.1, 0.15) is 12.5 Å². The zero-order valence-electron chi connectivity index (χ0n) is 22.0. The van der Waals surface area contributed by atoms with E-state index < -0.39 is 30.2 Å². The first-order chi connectivity index (χ1) is 18.4. The first kappa shape index (κ1) is 27.8. The number of hydroxylamine groups is 2. The minimum absolute atomic E-state index is 0.00340. The van der Waals surface area contributed by atoms with Gasteiger partial charge < -0.3 is 23.8 Å². The predicted octanol–water partition coefficient (Wildman–Crippen LogP) is 2.19. The van der Waals surface area contributed by atoms with E-state index >= 15 is 0 Å². The molecule has 208 valence electrons. The van der Waals surface area contributed by atoms with Crippen LogP contribution < -0.4 is 9.47 Å². The van der Waals surface area contributed by atoms with Gasteiger partial charge in [-0.1, -0.05) is 18.9 Å². The van der Waals surface area contributed by atoms with Crippen LogP contribution in [0.15, 0.2) is 18.2 Å². The van der Waals surface area contributed by atoms with Crippen LogP contribution in [0.5, 0.6) is 11.5 Å². The summed E-state index contributed by atoms with van der Waals surface area (Å²) in [5.74, 6) is -1.49. The number of carbonyl (C=O) groups excluding carboxylic acids is 4. The molecule has 0 spiro atoms. The molecule has 11 nitrogen and oxygen atoms in total. The highest BCUT2D eigenvalue weighted by Gasteiger charge is 2.37. The third kappa shape index (κ3) is 7.02. The van der Waals surface area contributed by atoms with E-state index in [9.17, 15) is 19.2 Å². The van der Waals surface area contributed by atoms with E-state index in [0.29, 0.717) is 36.1 Å². The van der Waals surface area contributed by atoms with Gasteiger partial charge >= 0.3 is 11.9 Å². The number of likely N-dealkylation sites (tertiary alicyclic amines) is 1. The Morgan fingerprint density at radius 1 is 0.947 bits per heavy atom. The molecule has 3 fully saturated rings. The summed E-state index contributed by atoms with van der Waals surface area (Å²) in [6, 6.07) is 6.12. The van der Waals surface area contributed by atoms with Crippen LogP contribution in [0.1, 0.15) is 56.9 Å².